The van der Waals surface area contributed by atoms with E-state index >= 15 is 0 Å². The van der Waals surface area contributed by atoms with E-state index in [0.29, 0.717) is 5.56 Å². The number of hydrogen-bond acceptors (Lipinski definition) is 4. The summed E-state index contributed by atoms with van der Waals surface area (Å²) < 4.78 is 40.5. The van der Waals surface area contributed by atoms with Crippen LogP contribution in [-0.2, 0) is 10.0 Å². The first-order chi connectivity index (χ1) is 9.72. The highest BCUT2D eigenvalue weighted by atomic mass is 79.9. The van der Waals surface area contributed by atoms with E-state index in [-0.39, 0.29) is 25.9 Å². The largest absolute Gasteiger partial charge is 0.396 e. The zero-order valence-corrected chi connectivity index (χ0v) is 13.9. The number of nitrogen functional groups attached to an aromatic ring is 1. The van der Waals surface area contributed by atoms with Gasteiger partial charge in [0, 0.05) is 10.7 Å². The van der Waals surface area contributed by atoms with Crippen molar-refractivity contribution in [1.82, 2.24) is 4.98 Å². The predicted molar refractivity (Wildman–Crippen MR) is 83.3 cm³/mol. The van der Waals surface area contributed by atoms with Crippen molar-refractivity contribution in [2.75, 3.05) is 10.5 Å². The summed E-state index contributed by atoms with van der Waals surface area (Å²) >= 11 is 8.89. The highest BCUT2D eigenvalue weighted by molar-refractivity contribution is 9.10. The Morgan fingerprint density at radius 2 is 2.10 bits per heavy atom. The molecule has 0 amide bonds. The minimum Gasteiger partial charge on any atom is -0.396 e. The molecule has 1 heterocycles. The Bertz CT molecular complexity index is 794. The van der Waals surface area contributed by atoms with E-state index in [0.717, 1.165) is 12.1 Å². The molecule has 112 valence electrons. The summed E-state index contributed by atoms with van der Waals surface area (Å²) in [6, 6.07) is 3.63. The van der Waals surface area contributed by atoms with E-state index in [2.05, 4.69) is 25.6 Å². The number of hydrogen-bond donors (Lipinski definition) is 2. The molecule has 0 fully saturated rings. The zero-order chi connectivity index (χ0) is 15.8. The summed E-state index contributed by atoms with van der Waals surface area (Å²) in [5.41, 5.74) is 5.90. The van der Waals surface area contributed by atoms with Gasteiger partial charge in [-0.1, -0.05) is 11.6 Å². The average molecular weight is 395 g/mol. The van der Waals surface area contributed by atoms with Crippen LogP contribution in [0, 0.1) is 12.7 Å². The van der Waals surface area contributed by atoms with E-state index in [9.17, 15) is 12.8 Å². The molecule has 0 spiro atoms. The highest BCUT2D eigenvalue weighted by Crippen LogP contribution is 2.30. The Morgan fingerprint density at radius 3 is 2.71 bits per heavy atom. The lowest BCUT2D eigenvalue weighted by Gasteiger charge is -2.13. The predicted octanol–water partition coefficient (Wildman–Crippen LogP) is 3.33. The van der Waals surface area contributed by atoms with Crippen LogP contribution in [0.1, 0.15) is 5.56 Å². The van der Waals surface area contributed by atoms with Crippen LogP contribution in [-0.4, -0.2) is 13.4 Å². The smallest absolute Gasteiger partial charge is 0.263 e. The van der Waals surface area contributed by atoms with Crippen molar-refractivity contribution < 1.29 is 12.8 Å². The molecule has 3 N–H and O–H groups in total. The van der Waals surface area contributed by atoms with Crippen LogP contribution in [0.3, 0.4) is 0 Å². The van der Waals surface area contributed by atoms with Crippen molar-refractivity contribution in [2.45, 2.75) is 11.8 Å². The van der Waals surface area contributed by atoms with Crippen LogP contribution in [0.25, 0.3) is 0 Å². The van der Waals surface area contributed by atoms with Crippen molar-refractivity contribution in [2.24, 2.45) is 0 Å². The van der Waals surface area contributed by atoms with Gasteiger partial charge in [0.15, 0.2) is 5.15 Å². The Kier molecular flexibility index (Phi) is 4.40. The van der Waals surface area contributed by atoms with E-state index < -0.39 is 15.8 Å². The molecule has 0 aliphatic carbocycles. The van der Waals surface area contributed by atoms with Crippen LogP contribution < -0.4 is 10.5 Å². The molecule has 9 heteroatoms. The second kappa shape index (κ2) is 5.78. The van der Waals surface area contributed by atoms with Gasteiger partial charge in [0.05, 0.1) is 11.4 Å². The Hall–Kier alpha value is -1.38. The van der Waals surface area contributed by atoms with E-state index in [1.807, 2.05) is 0 Å². The number of anilines is 2. The topological polar surface area (TPSA) is 85.1 Å². The van der Waals surface area contributed by atoms with Gasteiger partial charge in [0.2, 0.25) is 0 Å². The van der Waals surface area contributed by atoms with Crippen LogP contribution in [0.15, 0.2) is 33.8 Å². The monoisotopic (exact) mass is 393 g/mol. The molecule has 0 saturated heterocycles. The molecular formula is C12H10BrClFN3O2S. The minimum absolute atomic E-state index is 0.0183. The zero-order valence-electron chi connectivity index (χ0n) is 10.7. The second-order valence-corrected chi connectivity index (χ2v) is 7.07. The third-order valence-corrected chi connectivity index (χ3v) is 5.28. The molecule has 0 radical (unpaired) electrons. The van der Waals surface area contributed by atoms with Gasteiger partial charge in [-0.2, -0.15) is 0 Å². The van der Waals surface area contributed by atoms with Crippen LogP contribution in [0.2, 0.25) is 5.15 Å². The molecule has 1 aromatic carbocycles. The van der Waals surface area contributed by atoms with Gasteiger partial charge in [-0.05, 0) is 46.6 Å². The first-order valence-corrected chi connectivity index (χ1v) is 8.26. The van der Waals surface area contributed by atoms with Gasteiger partial charge in [-0.15, -0.1) is 0 Å². The fourth-order valence-corrected chi connectivity index (χ4v) is 4.09. The number of benzene rings is 1. The number of sulfonamides is 1. The fourth-order valence-electron chi connectivity index (χ4n) is 1.59. The average Bonchev–Trinajstić information content (AvgIpc) is 2.38. The van der Waals surface area contributed by atoms with E-state index in [1.165, 1.54) is 6.20 Å². The molecule has 0 unspecified atom stereocenters. The summed E-state index contributed by atoms with van der Waals surface area (Å²) in [6.07, 6.45) is 1.46. The van der Waals surface area contributed by atoms with Crippen molar-refractivity contribution in [1.29, 1.82) is 0 Å². The molecule has 0 atom stereocenters. The van der Waals surface area contributed by atoms with Crippen molar-refractivity contribution in [3.8, 4) is 0 Å². The van der Waals surface area contributed by atoms with Crippen molar-refractivity contribution in [3.63, 3.8) is 0 Å². The number of nitrogens with two attached hydrogens (primary N) is 1. The Morgan fingerprint density at radius 1 is 1.43 bits per heavy atom. The van der Waals surface area contributed by atoms with E-state index in [4.69, 9.17) is 17.3 Å². The lowest BCUT2D eigenvalue weighted by atomic mass is 10.3. The summed E-state index contributed by atoms with van der Waals surface area (Å²) in [5, 5.41) is 0.0183. The SMILES string of the molecule is Cc1ccnc(Cl)c1NS(=O)(=O)c1cc(N)c(F)cc1Br. The van der Waals surface area contributed by atoms with Gasteiger partial charge >= 0.3 is 0 Å². The minimum atomic E-state index is -4.00. The summed E-state index contributed by atoms with van der Waals surface area (Å²) in [4.78, 5) is 3.62. The molecule has 2 rings (SSSR count). The first-order valence-electron chi connectivity index (χ1n) is 5.61. The summed E-state index contributed by atoms with van der Waals surface area (Å²) in [6.45, 7) is 1.68. The maximum Gasteiger partial charge on any atom is 0.263 e. The molecule has 5 nitrogen and oxygen atoms in total. The van der Waals surface area contributed by atoms with E-state index in [1.54, 1.807) is 13.0 Å². The van der Waals surface area contributed by atoms with Gasteiger partial charge < -0.3 is 5.73 Å². The molecule has 0 saturated carbocycles. The number of nitrogens with one attached hydrogen (secondary N) is 1. The molecule has 0 bridgehead atoms. The third-order valence-electron chi connectivity index (χ3n) is 2.69. The number of nitrogens with zero attached hydrogens (tertiary/aromatic N) is 1. The van der Waals surface area contributed by atoms with Crippen LogP contribution >= 0.6 is 27.5 Å². The van der Waals surface area contributed by atoms with Crippen LogP contribution in [0.5, 0.6) is 0 Å². The highest BCUT2D eigenvalue weighted by Gasteiger charge is 2.22. The number of aromatic nitrogens is 1. The number of halogens is 3. The molecule has 0 aliphatic heterocycles. The molecule has 1 aromatic heterocycles. The van der Waals surface area contributed by atoms with Gasteiger partial charge in [0.1, 0.15) is 10.7 Å². The summed E-state index contributed by atoms with van der Waals surface area (Å²) in [7, 11) is -4.00. The maximum absolute atomic E-state index is 13.3. The quantitative estimate of drug-likeness (QED) is 0.618. The van der Waals surface area contributed by atoms with Crippen molar-refractivity contribution in [3.05, 3.63) is 45.4 Å². The van der Waals surface area contributed by atoms with Crippen LogP contribution in [0.4, 0.5) is 15.8 Å². The van der Waals surface area contributed by atoms with Gasteiger partial charge in [-0.25, -0.2) is 17.8 Å². The summed E-state index contributed by atoms with van der Waals surface area (Å²) in [5.74, 6) is -0.712. The standard InChI is InChI=1S/C12H10BrClFN3O2S/c1-6-2-3-17-12(14)11(6)18-21(19,20)10-5-9(16)8(15)4-7(10)13/h2-5,18H,16H2,1H3. The van der Waals surface area contributed by atoms with Gasteiger partial charge in [-0.3, -0.25) is 4.72 Å². The first kappa shape index (κ1) is 16.0. The third kappa shape index (κ3) is 3.28. The molecular weight excluding hydrogens is 385 g/mol. The Labute approximate surface area is 134 Å². The molecule has 21 heavy (non-hydrogen) atoms. The number of aryl methyl sites for hydroxylation is 1. The number of rotatable bonds is 3. The van der Waals surface area contributed by atoms with Crippen molar-refractivity contribution >= 4 is 48.9 Å². The number of pyridine rings is 1. The van der Waals surface area contributed by atoms with Gasteiger partial charge in [0.25, 0.3) is 10.0 Å². The lowest BCUT2D eigenvalue weighted by molar-refractivity contribution is 0.599. The molecule has 2 aromatic rings. The molecule has 0 aliphatic rings. The second-order valence-electron chi connectivity index (χ2n) is 4.20. The maximum atomic E-state index is 13.3. The lowest BCUT2D eigenvalue weighted by Crippen LogP contribution is -2.15. The normalized spacial score (nSPS) is 11.4. The Balaban J connectivity index is 2.51. The fraction of sp³-hybridized carbons (Fsp3) is 0.0833.